The first kappa shape index (κ1) is 12.2. The molecule has 2 nitrogen and oxygen atoms in total. The Kier molecular flexibility index (Phi) is 4.26. The minimum Gasteiger partial charge on any atom is -0.452 e. The van der Waals surface area contributed by atoms with E-state index in [2.05, 4.69) is 52.4 Å². The van der Waals surface area contributed by atoms with Gasteiger partial charge in [-0.05, 0) is 46.1 Å². The van der Waals surface area contributed by atoms with E-state index in [0.29, 0.717) is 6.54 Å². The van der Waals surface area contributed by atoms with Crippen molar-refractivity contribution >= 4 is 21.6 Å². The summed E-state index contributed by atoms with van der Waals surface area (Å²) in [5.41, 5.74) is 2.56. The van der Waals surface area contributed by atoms with Crippen molar-refractivity contribution in [2.24, 2.45) is 0 Å². The standard InChI is InChI=1S/C14H16BrNO/c1-2-5-11-6-3-4-7-13(11)16-10-12-8-9-14(15)17-12/h3-4,6-9,16H,2,5,10H2,1H3. The van der Waals surface area contributed by atoms with Crippen molar-refractivity contribution in [1.29, 1.82) is 0 Å². The zero-order valence-electron chi connectivity index (χ0n) is 9.87. The predicted molar refractivity (Wildman–Crippen MR) is 74.2 cm³/mol. The molecule has 17 heavy (non-hydrogen) atoms. The second-order valence-electron chi connectivity index (χ2n) is 3.97. The minimum absolute atomic E-state index is 0.715. The van der Waals surface area contributed by atoms with Crippen molar-refractivity contribution in [3.8, 4) is 0 Å². The fraction of sp³-hybridized carbons (Fsp3) is 0.286. The molecule has 0 saturated carbocycles. The Morgan fingerprint density at radius 2 is 2.00 bits per heavy atom. The molecule has 0 unspecified atom stereocenters. The number of halogens is 1. The van der Waals surface area contributed by atoms with Crippen molar-refractivity contribution < 1.29 is 4.42 Å². The number of para-hydroxylation sites is 1. The molecule has 0 atom stereocenters. The summed E-state index contributed by atoms with van der Waals surface area (Å²) in [5, 5.41) is 3.41. The largest absolute Gasteiger partial charge is 0.452 e. The molecular formula is C14H16BrNO. The molecule has 1 N–H and O–H groups in total. The van der Waals surface area contributed by atoms with Gasteiger partial charge in [0.15, 0.2) is 4.67 Å². The van der Waals surface area contributed by atoms with Gasteiger partial charge in [-0.25, -0.2) is 0 Å². The number of nitrogens with one attached hydrogen (secondary N) is 1. The van der Waals surface area contributed by atoms with Crippen LogP contribution in [0.1, 0.15) is 24.7 Å². The lowest BCUT2D eigenvalue weighted by Gasteiger charge is -2.10. The smallest absolute Gasteiger partial charge is 0.169 e. The van der Waals surface area contributed by atoms with Crippen molar-refractivity contribution in [2.75, 3.05) is 5.32 Å². The van der Waals surface area contributed by atoms with Crippen molar-refractivity contribution in [3.63, 3.8) is 0 Å². The average Bonchev–Trinajstić information content (AvgIpc) is 2.74. The summed E-state index contributed by atoms with van der Waals surface area (Å²) < 4.78 is 6.23. The van der Waals surface area contributed by atoms with Crippen LogP contribution in [0.3, 0.4) is 0 Å². The molecule has 0 saturated heterocycles. The van der Waals surface area contributed by atoms with Gasteiger partial charge in [0.1, 0.15) is 5.76 Å². The van der Waals surface area contributed by atoms with Crippen LogP contribution in [-0.4, -0.2) is 0 Å². The van der Waals surface area contributed by atoms with Crippen LogP contribution < -0.4 is 5.32 Å². The maximum atomic E-state index is 5.46. The lowest BCUT2D eigenvalue weighted by atomic mass is 10.1. The van der Waals surface area contributed by atoms with E-state index < -0.39 is 0 Å². The van der Waals surface area contributed by atoms with Gasteiger partial charge in [0.05, 0.1) is 6.54 Å². The molecule has 0 amide bonds. The summed E-state index contributed by atoms with van der Waals surface area (Å²) in [6, 6.07) is 12.3. The Morgan fingerprint density at radius 1 is 1.18 bits per heavy atom. The first-order chi connectivity index (χ1) is 8.29. The van der Waals surface area contributed by atoms with Gasteiger partial charge >= 0.3 is 0 Å². The van der Waals surface area contributed by atoms with E-state index in [-0.39, 0.29) is 0 Å². The monoisotopic (exact) mass is 293 g/mol. The highest BCUT2D eigenvalue weighted by Crippen LogP contribution is 2.19. The topological polar surface area (TPSA) is 25.2 Å². The summed E-state index contributed by atoms with van der Waals surface area (Å²) >= 11 is 3.30. The van der Waals surface area contributed by atoms with Gasteiger partial charge in [-0.1, -0.05) is 31.5 Å². The van der Waals surface area contributed by atoms with Crippen LogP contribution in [0, 0.1) is 0 Å². The van der Waals surface area contributed by atoms with Crippen molar-refractivity contribution in [2.45, 2.75) is 26.3 Å². The normalized spacial score (nSPS) is 10.5. The molecule has 0 aliphatic rings. The van der Waals surface area contributed by atoms with Gasteiger partial charge in [-0.3, -0.25) is 0 Å². The second-order valence-corrected chi connectivity index (χ2v) is 4.75. The molecule has 0 aliphatic heterocycles. The number of furan rings is 1. The van der Waals surface area contributed by atoms with Crippen LogP contribution in [0.2, 0.25) is 0 Å². The number of rotatable bonds is 5. The Labute approximate surface area is 110 Å². The maximum absolute atomic E-state index is 5.46. The summed E-state index contributed by atoms with van der Waals surface area (Å²) in [4.78, 5) is 0. The minimum atomic E-state index is 0.715. The van der Waals surface area contributed by atoms with E-state index in [0.717, 1.165) is 23.3 Å². The number of hydrogen-bond acceptors (Lipinski definition) is 2. The molecule has 2 rings (SSSR count). The van der Waals surface area contributed by atoms with Crippen LogP contribution in [0.5, 0.6) is 0 Å². The highest BCUT2D eigenvalue weighted by Gasteiger charge is 2.02. The van der Waals surface area contributed by atoms with E-state index >= 15 is 0 Å². The fourth-order valence-electron chi connectivity index (χ4n) is 1.81. The Bertz CT molecular complexity index is 479. The molecule has 0 radical (unpaired) electrons. The number of anilines is 1. The van der Waals surface area contributed by atoms with Crippen LogP contribution in [0.15, 0.2) is 45.5 Å². The summed E-state index contributed by atoms with van der Waals surface area (Å²) in [6.07, 6.45) is 2.26. The third kappa shape index (κ3) is 3.37. The first-order valence-electron chi connectivity index (χ1n) is 5.85. The number of aryl methyl sites for hydroxylation is 1. The Balaban J connectivity index is 2.03. The first-order valence-corrected chi connectivity index (χ1v) is 6.65. The van der Waals surface area contributed by atoms with Gasteiger partial charge in [0.25, 0.3) is 0 Å². The number of hydrogen-bond donors (Lipinski definition) is 1. The van der Waals surface area contributed by atoms with E-state index in [9.17, 15) is 0 Å². The van der Waals surface area contributed by atoms with E-state index in [4.69, 9.17) is 4.42 Å². The zero-order chi connectivity index (χ0) is 12.1. The molecule has 0 bridgehead atoms. The maximum Gasteiger partial charge on any atom is 0.169 e. The molecule has 2 aromatic rings. The number of benzene rings is 1. The highest BCUT2D eigenvalue weighted by molar-refractivity contribution is 9.10. The van der Waals surface area contributed by atoms with Gasteiger partial charge in [-0.2, -0.15) is 0 Å². The molecular weight excluding hydrogens is 278 g/mol. The summed E-state index contributed by atoms with van der Waals surface area (Å²) in [7, 11) is 0. The molecule has 1 heterocycles. The molecule has 1 aromatic carbocycles. The average molecular weight is 294 g/mol. The quantitative estimate of drug-likeness (QED) is 0.871. The van der Waals surface area contributed by atoms with Crippen LogP contribution in [-0.2, 0) is 13.0 Å². The van der Waals surface area contributed by atoms with Gasteiger partial charge in [0, 0.05) is 5.69 Å². The lowest BCUT2D eigenvalue weighted by molar-refractivity contribution is 0.495. The molecule has 1 aromatic heterocycles. The molecule has 0 fully saturated rings. The van der Waals surface area contributed by atoms with E-state index in [1.165, 1.54) is 11.3 Å². The highest BCUT2D eigenvalue weighted by atomic mass is 79.9. The van der Waals surface area contributed by atoms with E-state index in [1.807, 2.05) is 12.1 Å². The van der Waals surface area contributed by atoms with Gasteiger partial charge in [0.2, 0.25) is 0 Å². The Morgan fingerprint density at radius 3 is 2.71 bits per heavy atom. The van der Waals surface area contributed by atoms with Crippen LogP contribution >= 0.6 is 15.9 Å². The van der Waals surface area contributed by atoms with Gasteiger partial charge in [-0.15, -0.1) is 0 Å². The van der Waals surface area contributed by atoms with Gasteiger partial charge < -0.3 is 9.73 Å². The Hall–Kier alpha value is -1.22. The summed E-state index contributed by atoms with van der Waals surface area (Å²) in [5.74, 6) is 0.933. The molecule has 3 heteroatoms. The second kappa shape index (κ2) is 5.92. The van der Waals surface area contributed by atoms with Crippen molar-refractivity contribution in [1.82, 2.24) is 0 Å². The van der Waals surface area contributed by atoms with Crippen LogP contribution in [0.4, 0.5) is 5.69 Å². The zero-order valence-corrected chi connectivity index (χ0v) is 11.5. The molecule has 0 spiro atoms. The third-order valence-corrected chi connectivity index (χ3v) is 3.04. The lowest BCUT2D eigenvalue weighted by Crippen LogP contribution is -2.01. The SMILES string of the molecule is CCCc1ccccc1NCc1ccc(Br)o1. The van der Waals surface area contributed by atoms with E-state index in [1.54, 1.807) is 0 Å². The summed E-state index contributed by atoms with van der Waals surface area (Å²) in [6.45, 7) is 2.91. The predicted octanol–water partition coefficient (Wildman–Crippen LogP) is 4.61. The third-order valence-electron chi connectivity index (χ3n) is 2.62. The van der Waals surface area contributed by atoms with Crippen molar-refractivity contribution in [3.05, 3.63) is 52.4 Å². The fourth-order valence-corrected chi connectivity index (χ4v) is 2.15. The molecule has 90 valence electrons. The molecule has 0 aliphatic carbocycles. The van der Waals surface area contributed by atoms with Crippen LogP contribution in [0.25, 0.3) is 0 Å².